The quantitative estimate of drug-likeness (QED) is 0.167. The monoisotopic (exact) mass is 867 g/mol. The molecule has 14 rings (SSSR count). The van der Waals surface area contributed by atoms with Crippen molar-refractivity contribution in [2.24, 2.45) is 0 Å². The van der Waals surface area contributed by atoms with E-state index in [0.717, 1.165) is 110 Å². The van der Waals surface area contributed by atoms with Crippen LogP contribution in [-0.2, 0) is 0 Å². The molecule has 0 aliphatic heterocycles. The zero-order chi connectivity index (χ0) is 44.7. The Morgan fingerprint density at radius 3 is 1.66 bits per heavy atom. The van der Waals surface area contributed by atoms with Gasteiger partial charge in [0.25, 0.3) is 0 Å². The molecular formula is C63H37N3O2. The fourth-order valence-electron chi connectivity index (χ4n) is 10.1. The molecule has 68 heavy (non-hydrogen) atoms. The SMILES string of the molecule is c1ccc(-c2ccc3oc4cccc(-c5cccc6cc(-c7nc(-c8cccc(-c9ccc%10ccccc%10c9)c8)nc(-c8ccc9cc%10c(cc9c8)oc8ccccc8%10)n7)ccc56)c4c3c2)cc1. The molecule has 5 nitrogen and oxygen atoms in total. The summed E-state index contributed by atoms with van der Waals surface area (Å²) in [5.41, 5.74) is 13.0. The van der Waals surface area contributed by atoms with Crippen LogP contribution in [0.3, 0.4) is 0 Å². The van der Waals surface area contributed by atoms with Crippen molar-refractivity contribution >= 4 is 76.2 Å². The van der Waals surface area contributed by atoms with E-state index in [2.05, 4.69) is 212 Å². The van der Waals surface area contributed by atoms with Gasteiger partial charge in [0.05, 0.1) is 0 Å². The maximum Gasteiger partial charge on any atom is 0.164 e. The summed E-state index contributed by atoms with van der Waals surface area (Å²) in [5.74, 6) is 1.79. The van der Waals surface area contributed by atoms with Crippen LogP contribution in [0.1, 0.15) is 0 Å². The topological polar surface area (TPSA) is 65.0 Å². The third-order valence-corrected chi connectivity index (χ3v) is 13.5. The molecule has 0 saturated carbocycles. The Balaban J connectivity index is 0.914. The van der Waals surface area contributed by atoms with Crippen molar-refractivity contribution in [3.63, 3.8) is 0 Å². The molecule has 11 aromatic carbocycles. The van der Waals surface area contributed by atoms with Crippen molar-refractivity contribution in [1.29, 1.82) is 0 Å². The maximum atomic E-state index is 6.47. The fourth-order valence-corrected chi connectivity index (χ4v) is 10.1. The largest absolute Gasteiger partial charge is 0.456 e. The average Bonchev–Trinajstić information content (AvgIpc) is 3.97. The third kappa shape index (κ3) is 6.36. The molecule has 0 spiro atoms. The molecular weight excluding hydrogens is 831 g/mol. The van der Waals surface area contributed by atoms with Crippen molar-refractivity contribution in [2.75, 3.05) is 0 Å². The summed E-state index contributed by atoms with van der Waals surface area (Å²) >= 11 is 0. The molecule has 3 aromatic heterocycles. The standard InChI is InChI=1S/C63H37N3O2/c1-2-11-38(12-3-1)43-28-30-57-55(36-43)60-53(20-10-22-58(60)67-57)51-19-9-16-45-33-48(27-29-50(45)51)63-65-61(46-17-8-15-41(32-46)42-24-23-39-13-4-5-14-40(39)31-42)64-62(66-63)47-26-25-44-35-54-52-18-6-7-21-56(52)68-59(54)37-49(44)34-47/h1-37H. The summed E-state index contributed by atoms with van der Waals surface area (Å²) in [4.78, 5) is 15.7. The zero-order valence-electron chi connectivity index (χ0n) is 36.5. The van der Waals surface area contributed by atoms with E-state index in [4.69, 9.17) is 23.8 Å². The van der Waals surface area contributed by atoms with E-state index in [-0.39, 0.29) is 0 Å². The Bertz CT molecular complexity index is 4340. The average molecular weight is 868 g/mol. The van der Waals surface area contributed by atoms with Gasteiger partial charge in [0.1, 0.15) is 22.3 Å². The highest BCUT2D eigenvalue weighted by atomic mass is 16.3. The lowest BCUT2D eigenvalue weighted by Gasteiger charge is -2.12. The van der Waals surface area contributed by atoms with Gasteiger partial charge >= 0.3 is 0 Å². The lowest BCUT2D eigenvalue weighted by Crippen LogP contribution is -2.00. The minimum absolute atomic E-state index is 0.593. The smallest absolute Gasteiger partial charge is 0.164 e. The predicted molar refractivity (Wildman–Crippen MR) is 280 cm³/mol. The molecule has 0 bridgehead atoms. The van der Waals surface area contributed by atoms with E-state index in [1.54, 1.807) is 0 Å². The van der Waals surface area contributed by atoms with E-state index in [1.807, 2.05) is 12.1 Å². The first-order valence-electron chi connectivity index (χ1n) is 22.9. The molecule has 14 aromatic rings. The summed E-state index contributed by atoms with van der Waals surface area (Å²) in [6, 6.07) is 78.9. The second kappa shape index (κ2) is 15.2. The summed E-state index contributed by atoms with van der Waals surface area (Å²) < 4.78 is 12.8. The van der Waals surface area contributed by atoms with Crippen LogP contribution in [0.4, 0.5) is 0 Å². The van der Waals surface area contributed by atoms with Gasteiger partial charge in [0.15, 0.2) is 17.5 Å². The van der Waals surface area contributed by atoms with Crippen molar-refractivity contribution < 1.29 is 8.83 Å². The highest BCUT2D eigenvalue weighted by Crippen LogP contribution is 2.42. The van der Waals surface area contributed by atoms with Crippen LogP contribution in [0.5, 0.6) is 0 Å². The fraction of sp³-hybridized carbons (Fsp3) is 0. The molecule has 0 saturated heterocycles. The number of fused-ring (bicyclic) bond motifs is 9. The lowest BCUT2D eigenvalue weighted by molar-refractivity contribution is 0.669. The van der Waals surface area contributed by atoms with Crippen molar-refractivity contribution in [2.45, 2.75) is 0 Å². The zero-order valence-corrected chi connectivity index (χ0v) is 36.5. The van der Waals surface area contributed by atoms with Crippen LogP contribution in [-0.4, -0.2) is 15.0 Å². The first-order valence-corrected chi connectivity index (χ1v) is 22.9. The molecule has 316 valence electrons. The predicted octanol–water partition coefficient (Wildman–Crippen LogP) is 17.1. The molecule has 0 radical (unpaired) electrons. The summed E-state index contributed by atoms with van der Waals surface area (Å²) in [7, 11) is 0. The highest BCUT2D eigenvalue weighted by Gasteiger charge is 2.18. The van der Waals surface area contributed by atoms with Crippen molar-refractivity contribution in [3.05, 3.63) is 224 Å². The minimum atomic E-state index is 0.593. The normalized spacial score (nSPS) is 11.8. The molecule has 0 amide bonds. The van der Waals surface area contributed by atoms with Gasteiger partial charge in [-0.2, -0.15) is 0 Å². The number of hydrogen-bond acceptors (Lipinski definition) is 5. The van der Waals surface area contributed by atoms with Crippen LogP contribution in [0.25, 0.3) is 144 Å². The van der Waals surface area contributed by atoms with Gasteiger partial charge in [-0.05, 0) is 126 Å². The van der Waals surface area contributed by atoms with Crippen LogP contribution >= 0.6 is 0 Å². The number of benzene rings is 11. The number of nitrogens with zero attached hydrogens (tertiary/aromatic N) is 3. The Labute approximate surface area is 390 Å². The van der Waals surface area contributed by atoms with E-state index in [0.29, 0.717) is 17.5 Å². The maximum absolute atomic E-state index is 6.47. The Morgan fingerprint density at radius 2 is 0.779 bits per heavy atom. The first-order chi connectivity index (χ1) is 33.6. The van der Waals surface area contributed by atoms with Crippen LogP contribution in [0.15, 0.2) is 233 Å². The third-order valence-electron chi connectivity index (χ3n) is 13.5. The van der Waals surface area contributed by atoms with Crippen LogP contribution in [0.2, 0.25) is 0 Å². The number of para-hydroxylation sites is 1. The first kappa shape index (κ1) is 38.1. The van der Waals surface area contributed by atoms with Gasteiger partial charge < -0.3 is 8.83 Å². The van der Waals surface area contributed by atoms with Gasteiger partial charge in [-0.3, -0.25) is 0 Å². The van der Waals surface area contributed by atoms with Crippen molar-refractivity contribution in [1.82, 2.24) is 15.0 Å². The number of aromatic nitrogens is 3. The molecule has 3 heterocycles. The Morgan fingerprint density at radius 1 is 0.235 bits per heavy atom. The second-order valence-corrected chi connectivity index (χ2v) is 17.6. The number of furan rings is 2. The van der Waals surface area contributed by atoms with E-state index in [1.165, 1.54) is 16.3 Å². The van der Waals surface area contributed by atoms with Gasteiger partial charge in [-0.15, -0.1) is 0 Å². The molecule has 5 heteroatoms. The number of hydrogen-bond donors (Lipinski definition) is 0. The Hall–Kier alpha value is -9.19. The molecule has 0 N–H and O–H groups in total. The summed E-state index contributed by atoms with van der Waals surface area (Å²) in [5, 5.41) is 11.2. The molecule has 0 unspecified atom stereocenters. The molecule has 0 atom stereocenters. The highest BCUT2D eigenvalue weighted by molar-refractivity contribution is 6.16. The van der Waals surface area contributed by atoms with E-state index in [9.17, 15) is 0 Å². The summed E-state index contributed by atoms with van der Waals surface area (Å²) in [6.45, 7) is 0. The van der Waals surface area contributed by atoms with E-state index < -0.39 is 0 Å². The van der Waals surface area contributed by atoms with Crippen LogP contribution in [0, 0.1) is 0 Å². The van der Waals surface area contributed by atoms with Crippen LogP contribution < -0.4 is 0 Å². The van der Waals surface area contributed by atoms with Gasteiger partial charge in [0, 0.05) is 38.2 Å². The van der Waals surface area contributed by atoms with Crippen molar-refractivity contribution in [3.8, 4) is 67.5 Å². The molecule has 0 aliphatic rings. The molecule has 0 fully saturated rings. The van der Waals surface area contributed by atoms with Gasteiger partial charge in [-0.25, -0.2) is 15.0 Å². The molecule has 0 aliphatic carbocycles. The Kier molecular flexibility index (Phi) is 8.52. The van der Waals surface area contributed by atoms with Gasteiger partial charge in [0.2, 0.25) is 0 Å². The number of rotatable bonds is 6. The minimum Gasteiger partial charge on any atom is -0.456 e. The summed E-state index contributed by atoms with van der Waals surface area (Å²) in [6.07, 6.45) is 0. The van der Waals surface area contributed by atoms with E-state index >= 15 is 0 Å². The lowest BCUT2D eigenvalue weighted by atomic mass is 9.93. The van der Waals surface area contributed by atoms with Gasteiger partial charge in [-0.1, -0.05) is 164 Å². The second-order valence-electron chi connectivity index (χ2n) is 17.6.